The summed E-state index contributed by atoms with van der Waals surface area (Å²) in [6.45, 7) is 3.20. The molecular weight excluding hydrogens is 394 g/mol. The number of carbonyl (C=O) groups excluding carboxylic acids is 1. The molecule has 0 saturated carbocycles. The molecule has 0 bridgehead atoms. The third-order valence-electron chi connectivity index (χ3n) is 4.52. The molecule has 9 heteroatoms. The van der Waals surface area contributed by atoms with Crippen LogP contribution in [0.15, 0.2) is 42.6 Å². The average molecular weight is 412 g/mol. The number of nitrogens with zero attached hydrogens (tertiary/aromatic N) is 3. The summed E-state index contributed by atoms with van der Waals surface area (Å²) < 4.78 is 6.44. The minimum atomic E-state index is -0.115. The first-order chi connectivity index (χ1) is 13.8. The molecule has 5 rings (SSSR count). The lowest BCUT2D eigenvalue weighted by Crippen LogP contribution is -2.36. The van der Waals surface area contributed by atoms with Crippen LogP contribution in [-0.4, -0.2) is 47.4 Å². The molecule has 1 aliphatic rings. The Labute approximate surface area is 169 Å². The van der Waals surface area contributed by atoms with Crippen LogP contribution in [0.2, 0.25) is 0 Å². The maximum Gasteiger partial charge on any atom is 0.265 e. The number of amides is 1. The van der Waals surface area contributed by atoms with E-state index >= 15 is 0 Å². The highest BCUT2D eigenvalue weighted by molar-refractivity contribution is 7.29. The van der Waals surface area contributed by atoms with Gasteiger partial charge in [-0.1, -0.05) is 23.5 Å². The third kappa shape index (κ3) is 3.39. The van der Waals surface area contributed by atoms with Crippen LogP contribution in [0.1, 0.15) is 9.67 Å². The lowest BCUT2D eigenvalue weighted by atomic mass is 10.1. The Hall–Kier alpha value is -2.75. The van der Waals surface area contributed by atoms with E-state index in [0.717, 1.165) is 57.9 Å². The highest BCUT2D eigenvalue weighted by Crippen LogP contribution is 2.35. The first kappa shape index (κ1) is 17.4. The predicted molar refractivity (Wildman–Crippen MR) is 113 cm³/mol. The van der Waals surface area contributed by atoms with Crippen molar-refractivity contribution >= 4 is 48.9 Å². The zero-order valence-electron chi connectivity index (χ0n) is 14.8. The van der Waals surface area contributed by atoms with Crippen molar-refractivity contribution in [2.24, 2.45) is 0 Å². The Kier molecular flexibility index (Phi) is 4.55. The van der Waals surface area contributed by atoms with Crippen LogP contribution in [0.5, 0.6) is 0 Å². The molecular formula is C19H17N5O2S2. The number of benzene rings is 1. The molecule has 0 unspecified atom stereocenters. The molecule has 1 fully saturated rings. The predicted octanol–water partition coefficient (Wildman–Crippen LogP) is 3.84. The Bertz CT molecular complexity index is 1060. The first-order valence-corrected chi connectivity index (χ1v) is 10.5. The largest absolute Gasteiger partial charge is 0.378 e. The summed E-state index contributed by atoms with van der Waals surface area (Å²) in [5.41, 5.74) is 2.62. The molecule has 3 aromatic heterocycles. The van der Waals surface area contributed by atoms with Gasteiger partial charge in [-0.2, -0.15) is 5.10 Å². The normalized spacial score (nSPS) is 14.5. The Morgan fingerprint density at radius 1 is 1.14 bits per heavy atom. The molecule has 0 radical (unpaired) electrons. The average Bonchev–Trinajstić information content (AvgIpc) is 3.45. The van der Waals surface area contributed by atoms with E-state index in [-0.39, 0.29) is 5.91 Å². The number of H-pyrrole nitrogens is 1. The van der Waals surface area contributed by atoms with E-state index in [0.29, 0.717) is 4.88 Å². The molecule has 4 heterocycles. The molecule has 1 saturated heterocycles. The molecule has 0 aliphatic carbocycles. The minimum absolute atomic E-state index is 0.115. The summed E-state index contributed by atoms with van der Waals surface area (Å²) in [6.07, 6.45) is 1.78. The van der Waals surface area contributed by atoms with Crippen molar-refractivity contribution in [2.75, 3.05) is 36.5 Å². The number of nitrogens with one attached hydrogen (secondary N) is 2. The van der Waals surface area contributed by atoms with Crippen molar-refractivity contribution in [3.05, 3.63) is 47.5 Å². The standard InChI is InChI=1S/C19H17N5O2S2/c25-17(21-13-3-1-12(2-4-13)14-5-6-20-23-14)15-11-16-18(27-15)22-19(28-16)24-7-9-26-10-8-24/h1-6,11H,7-10H2,(H,20,23)(H,21,25). The highest BCUT2D eigenvalue weighted by Gasteiger charge is 2.19. The number of thiazole rings is 1. The number of rotatable bonds is 4. The van der Waals surface area contributed by atoms with Crippen LogP contribution in [-0.2, 0) is 4.74 Å². The summed E-state index contributed by atoms with van der Waals surface area (Å²) in [5.74, 6) is -0.115. The van der Waals surface area contributed by atoms with Crippen LogP contribution in [0.25, 0.3) is 20.8 Å². The van der Waals surface area contributed by atoms with Crippen LogP contribution in [0, 0.1) is 0 Å². The van der Waals surface area contributed by atoms with E-state index in [2.05, 4.69) is 20.4 Å². The summed E-state index contributed by atoms with van der Waals surface area (Å²) in [7, 11) is 0. The van der Waals surface area contributed by atoms with Crippen molar-refractivity contribution in [1.82, 2.24) is 15.2 Å². The Morgan fingerprint density at radius 3 is 2.68 bits per heavy atom. The quantitative estimate of drug-likeness (QED) is 0.533. The van der Waals surface area contributed by atoms with E-state index in [4.69, 9.17) is 9.72 Å². The second-order valence-electron chi connectivity index (χ2n) is 6.37. The fourth-order valence-electron chi connectivity index (χ4n) is 3.06. The molecule has 4 aromatic rings. The molecule has 142 valence electrons. The first-order valence-electron chi connectivity index (χ1n) is 8.91. The van der Waals surface area contributed by atoms with E-state index in [1.807, 2.05) is 36.4 Å². The minimum Gasteiger partial charge on any atom is -0.378 e. The lowest BCUT2D eigenvalue weighted by Gasteiger charge is -2.25. The molecule has 28 heavy (non-hydrogen) atoms. The number of aromatic nitrogens is 3. The number of ether oxygens (including phenoxy) is 1. The summed E-state index contributed by atoms with van der Waals surface area (Å²) in [5, 5.41) is 10.9. The molecule has 0 spiro atoms. The number of thiophene rings is 1. The maximum absolute atomic E-state index is 12.6. The van der Waals surface area contributed by atoms with Gasteiger partial charge < -0.3 is 15.0 Å². The van der Waals surface area contributed by atoms with Gasteiger partial charge in [0.05, 0.1) is 28.5 Å². The van der Waals surface area contributed by atoms with E-state index in [1.165, 1.54) is 11.3 Å². The summed E-state index contributed by atoms with van der Waals surface area (Å²) in [6, 6.07) is 11.5. The van der Waals surface area contributed by atoms with Crippen molar-refractivity contribution in [1.29, 1.82) is 0 Å². The van der Waals surface area contributed by atoms with Gasteiger partial charge in [-0.15, -0.1) is 11.3 Å². The number of fused-ring (bicyclic) bond motifs is 1. The van der Waals surface area contributed by atoms with Gasteiger partial charge in [0.2, 0.25) is 0 Å². The lowest BCUT2D eigenvalue weighted by molar-refractivity contribution is 0.103. The Morgan fingerprint density at radius 2 is 1.96 bits per heavy atom. The van der Waals surface area contributed by atoms with Crippen molar-refractivity contribution in [2.45, 2.75) is 0 Å². The second kappa shape index (κ2) is 7.34. The fraction of sp³-hybridized carbons (Fsp3) is 0.211. The SMILES string of the molecule is O=C(Nc1ccc(-c2cc[nH]n2)cc1)c1cc2sc(N3CCOCC3)nc2s1. The van der Waals surface area contributed by atoms with Gasteiger partial charge >= 0.3 is 0 Å². The van der Waals surface area contributed by atoms with Gasteiger partial charge in [-0.3, -0.25) is 9.89 Å². The summed E-state index contributed by atoms with van der Waals surface area (Å²) >= 11 is 3.05. The van der Waals surface area contributed by atoms with E-state index < -0.39 is 0 Å². The maximum atomic E-state index is 12.6. The van der Waals surface area contributed by atoms with Crippen LogP contribution in [0.3, 0.4) is 0 Å². The fourth-order valence-corrected chi connectivity index (χ4v) is 5.22. The van der Waals surface area contributed by atoms with Gasteiger partial charge in [0, 0.05) is 30.5 Å². The Balaban J connectivity index is 1.29. The van der Waals surface area contributed by atoms with Gasteiger partial charge in [0.25, 0.3) is 5.91 Å². The number of carbonyl (C=O) groups is 1. The number of hydrogen-bond donors (Lipinski definition) is 2. The number of morpholine rings is 1. The molecule has 1 aliphatic heterocycles. The number of aromatic amines is 1. The van der Waals surface area contributed by atoms with Crippen LogP contribution >= 0.6 is 22.7 Å². The van der Waals surface area contributed by atoms with Gasteiger partial charge in [-0.25, -0.2) is 4.98 Å². The van der Waals surface area contributed by atoms with Crippen molar-refractivity contribution in [3.8, 4) is 11.3 Å². The van der Waals surface area contributed by atoms with Gasteiger partial charge in [-0.05, 0) is 24.3 Å². The monoisotopic (exact) mass is 411 g/mol. The molecule has 1 amide bonds. The van der Waals surface area contributed by atoms with Crippen molar-refractivity contribution < 1.29 is 9.53 Å². The molecule has 0 atom stereocenters. The zero-order valence-corrected chi connectivity index (χ0v) is 16.5. The van der Waals surface area contributed by atoms with Crippen LogP contribution < -0.4 is 10.2 Å². The van der Waals surface area contributed by atoms with E-state index in [1.54, 1.807) is 17.5 Å². The smallest absolute Gasteiger partial charge is 0.265 e. The van der Waals surface area contributed by atoms with Gasteiger partial charge in [0.15, 0.2) is 5.13 Å². The number of anilines is 2. The molecule has 2 N–H and O–H groups in total. The third-order valence-corrected chi connectivity index (χ3v) is 6.74. The van der Waals surface area contributed by atoms with E-state index in [9.17, 15) is 4.79 Å². The summed E-state index contributed by atoms with van der Waals surface area (Å²) in [4.78, 5) is 21.1. The molecule has 7 nitrogen and oxygen atoms in total. The number of hydrogen-bond acceptors (Lipinski definition) is 7. The highest BCUT2D eigenvalue weighted by atomic mass is 32.1. The van der Waals surface area contributed by atoms with Gasteiger partial charge in [0.1, 0.15) is 4.83 Å². The molecule has 1 aromatic carbocycles. The topological polar surface area (TPSA) is 83.1 Å². The second-order valence-corrected chi connectivity index (χ2v) is 8.41. The van der Waals surface area contributed by atoms with Crippen LogP contribution in [0.4, 0.5) is 10.8 Å². The van der Waals surface area contributed by atoms with Crippen molar-refractivity contribution in [3.63, 3.8) is 0 Å². The zero-order chi connectivity index (χ0) is 18.9.